The van der Waals surface area contributed by atoms with Gasteiger partial charge in [-0.15, -0.1) is 0 Å². The van der Waals surface area contributed by atoms with Crippen molar-refractivity contribution in [2.24, 2.45) is 5.41 Å². The molecule has 0 unspecified atom stereocenters. The van der Waals surface area contributed by atoms with Gasteiger partial charge < -0.3 is 5.11 Å². The zero-order valence-corrected chi connectivity index (χ0v) is 12.3. The van der Waals surface area contributed by atoms with E-state index in [-0.39, 0.29) is 17.8 Å². The Morgan fingerprint density at radius 1 is 1.28 bits per heavy atom. The van der Waals surface area contributed by atoms with E-state index in [0.717, 1.165) is 22.9 Å². The van der Waals surface area contributed by atoms with Gasteiger partial charge in [-0.2, -0.15) is 0 Å². The summed E-state index contributed by atoms with van der Waals surface area (Å²) in [6, 6.07) is 7.20. The van der Waals surface area contributed by atoms with Crippen LogP contribution in [-0.4, -0.2) is 26.7 Å². The molecule has 1 saturated carbocycles. The average molecular weight is 334 g/mol. The normalized spacial score (nSPS) is 17.7. The molecule has 0 aliphatic heterocycles. The molecule has 0 aromatic heterocycles. The molecule has 0 saturated heterocycles. The van der Waals surface area contributed by atoms with Crippen LogP contribution in [0.4, 0.5) is 0 Å². The summed E-state index contributed by atoms with van der Waals surface area (Å²) < 4.78 is 27.2. The average Bonchev–Trinajstić information content (AvgIpc) is 3.10. The fourth-order valence-corrected chi connectivity index (χ4v) is 3.21. The van der Waals surface area contributed by atoms with Crippen LogP contribution in [0.3, 0.4) is 0 Å². The molecule has 1 aromatic carbocycles. The van der Waals surface area contributed by atoms with E-state index in [1.807, 2.05) is 12.1 Å². The first-order valence-corrected chi connectivity index (χ1v) is 8.22. The maximum atomic E-state index is 11.9. The fourth-order valence-electron chi connectivity index (χ4n) is 1.68. The molecule has 0 spiro atoms. The summed E-state index contributed by atoms with van der Waals surface area (Å²) in [6.45, 7) is 0.385. The molecule has 1 fully saturated rings. The molecule has 6 heteroatoms. The molecule has 0 radical (unpaired) electrons. The first-order chi connectivity index (χ1) is 8.45. The summed E-state index contributed by atoms with van der Waals surface area (Å²) in [4.78, 5) is 0. The maximum Gasteiger partial charge on any atom is 0.215 e. The van der Waals surface area contributed by atoms with E-state index < -0.39 is 10.0 Å². The molecule has 100 valence electrons. The van der Waals surface area contributed by atoms with Crippen LogP contribution in [0.1, 0.15) is 18.4 Å². The zero-order chi connectivity index (χ0) is 13.2. The van der Waals surface area contributed by atoms with Crippen LogP contribution in [0.15, 0.2) is 28.7 Å². The number of hydrogen-bond donors (Lipinski definition) is 2. The van der Waals surface area contributed by atoms with Gasteiger partial charge in [0, 0.05) is 23.0 Å². The molecule has 1 aliphatic carbocycles. The van der Waals surface area contributed by atoms with Gasteiger partial charge in [0.2, 0.25) is 10.0 Å². The van der Waals surface area contributed by atoms with Gasteiger partial charge in [0.25, 0.3) is 0 Å². The van der Waals surface area contributed by atoms with Crippen molar-refractivity contribution >= 4 is 26.0 Å². The summed E-state index contributed by atoms with van der Waals surface area (Å²) in [7, 11) is -3.33. The molecule has 1 aliphatic rings. The van der Waals surface area contributed by atoms with E-state index in [1.165, 1.54) is 0 Å². The molecular formula is C12H16BrNO3S. The van der Waals surface area contributed by atoms with E-state index in [2.05, 4.69) is 20.7 Å². The highest BCUT2D eigenvalue weighted by Crippen LogP contribution is 2.44. The van der Waals surface area contributed by atoms with Crippen molar-refractivity contribution < 1.29 is 13.5 Å². The molecule has 18 heavy (non-hydrogen) atoms. The highest BCUT2D eigenvalue weighted by molar-refractivity contribution is 9.10. The predicted octanol–water partition coefficient (Wildman–Crippen LogP) is 1.64. The van der Waals surface area contributed by atoms with Crippen LogP contribution in [0.2, 0.25) is 0 Å². The zero-order valence-electron chi connectivity index (χ0n) is 9.89. The molecule has 4 nitrogen and oxygen atoms in total. The first-order valence-electron chi connectivity index (χ1n) is 5.77. The number of halogens is 1. The molecule has 0 amide bonds. The molecule has 2 N–H and O–H groups in total. The minimum atomic E-state index is -3.33. The Kier molecular flexibility index (Phi) is 4.11. The van der Waals surface area contributed by atoms with Crippen LogP contribution in [0.25, 0.3) is 0 Å². The van der Waals surface area contributed by atoms with Crippen LogP contribution in [0.5, 0.6) is 0 Å². The van der Waals surface area contributed by atoms with Crippen molar-refractivity contribution in [3.63, 3.8) is 0 Å². The Morgan fingerprint density at radius 2 is 1.89 bits per heavy atom. The lowest BCUT2D eigenvalue weighted by Gasteiger charge is -2.13. The maximum absolute atomic E-state index is 11.9. The Morgan fingerprint density at radius 3 is 2.39 bits per heavy atom. The Balaban J connectivity index is 1.93. The summed E-state index contributed by atoms with van der Waals surface area (Å²) in [5.41, 5.74) is 0.548. The van der Waals surface area contributed by atoms with Crippen molar-refractivity contribution in [3.8, 4) is 0 Å². The third kappa shape index (κ3) is 3.78. The van der Waals surface area contributed by atoms with Crippen LogP contribution < -0.4 is 4.72 Å². The van der Waals surface area contributed by atoms with Gasteiger partial charge in [0.15, 0.2) is 0 Å². The van der Waals surface area contributed by atoms with Crippen molar-refractivity contribution in [1.29, 1.82) is 0 Å². The van der Waals surface area contributed by atoms with Crippen LogP contribution >= 0.6 is 15.9 Å². The minimum Gasteiger partial charge on any atom is -0.396 e. The fraction of sp³-hybridized carbons (Fsp3) is 0.500. The summed E-state index contributed by atoms with van der Waals surface area (Å²) in [5.74, 6) is -0.0260. The highest BCUT2D eigenvalue weighted by Gasteiger charge is 2.42. The molecule has 0 bridgehead atoms. The van der Waals surface area contributed by atoms with Crippen LogP contribution in [0, 0.1) is 5.41 Å². The SMILES string of the molecule is O=S(=O)(Cc1ccc(Br)cc1)NCC1(CO)CC1. The molecule has 0 atom stereocenters. The summed E-state index contributed by atoms with van der Waals surface area (Å²) in [6.07, 6.45) is 1.79. The van der Waals surface area contributed by atoms with Crippen molar-refractivity contribution in [3.05, 3.63) is 34.3 Å². The third-order valence-corrected chi connectivity index (χ3v) is 5.06. The van der Waals surface area contributed by atoms with Gasteiger partial charge >= 0.3 is 0 Å². The number of aliphatic hydroxyl groups excluding tert-OH is 1. The van der Waals surface area contributed by atoms with E-state index >= 15 is 0 Å². The second-order valence-electron chi connectivity index (χ2n) is 4.86. The van der Waals surface area contributed by atoms with E-state index in [0.29, 0.717) is 6.54 Å². The van der Waals surface area contributed by atoms with E-state index in [1.54, 1.807) is 12.1 Å². The van der Waals surface area contributed by atoms with E-state index in [4.69, 9.17) is 5.11 Å². The number of hydrogen-bond acceptors (Lipinski definition) is 3. The van der Waals surface area contributed by atoms with E-state index in [9.17, 15) is 8.42 Å². The largest absolute Gasteiger partial charge is 0.396 e. The van der Waals surface area contributed by atoms with Crippen molar-refractivity contribution in [2.75, 3.05) is 13.2 Å². The molecular weight excluding hydrogens is 318 g/mol. The number of benzene rings is 1. The lowest BCUT2D eigenvalue weighted by Crippen LogP contribution is -2.32. The van der Waals surface area contributed by atoms with Crippen molar-refractivity contribution in [1.82, 2.24) is 4.72 Å². The summed E-state index contributed by atoms with van der Waals surface area (Å²) >= 11 is 3.31. The molecule has 2 rings (SSSR count). The number of rotatable bonds is 6. The molecule has 0 heterocycles. The van der Waals surface area contributed by atoms with Gasteiger partial charge in [-0.05, 0) is 30.5 Å². The molecule has 1 aromatic rings. The first kappa shape index (κ1) is 14.0. The Labute approximate surface area is 116 Å². The lowest BCUT2D eigenvalue weighted by atomic mass is 10.1. The van der Waals surface area contributed by atoms with Crippen LogP contribution in [-0.2, 0) is 15.8 Å². The van der Waals surface area contributed by atoms with Gasteiger partial charge in [-0.1, -0.05) is 28.1 Å². The predicted molar refractivity (Wildman–Crippen MR) is 73.5 cm³/mol. The highest BCUT2D eigenvalue weighted by atomic mass is 79.9. The lowest BCUT2D eigenvalue weighted by molar-refractivity contribution is 0.213. The van der Waals surface area contributed by atoms with Gasteiger partial charge in [-0.3, -0.25) is 0 Å². The quantitative estimate of drug-likeness (QED) is 0.831. The Hall–Kier alpha value is -0.430. The van der Waals surface area contributed by atoms with Gasteiger partial charge in [-0.25, -0.2) is 13.1 Å². The third-order valence-electron chi connectivity index (χ3n) is 3.23. The Bertz CT molecular complexity index is 509. The second kappa shape index (κ2) is 5.28. The number of nitrogens with one attached hydrogen (secondary N) is 1. The smallest absolute Gasteiger partial charge is 0.215 e. The number of aliphatic hydroxyl groups is 1. The number of sulfonamides is 1. The van der Waals surface area contributed by atoms with Crippen molar-refractivity contribution in [2.45, 2.75) is 18.6 Å². The topological polar surface area (TPSA) is 66.4 Å². The van der Waals surface area contributed by atoms with Gasteiger partial charge in [0.05, 0.1) is 5.75 Å². The van der Waals surface area contributed by atoms with Gasteiger partial charge in [0.1, 0.15) is 0 Å². The second-order valence-corrected chi connectivity index (χ2v) is 7.59. The standard InChI is InChI=1S/C12H16BrNO3S/c13-11-3-1-10(2-4-11)7-18(16,17)14-8-12(9-15)5-6-12/h1-4,14-15H,5-9H2. The summed E-state index contributed by atoms with van der Waals surface area (Å²) in [5, 5.41) is 9.13. The minimum absolute atomic E-state index is 0.0260. The monoisotopic (exact) mass is 333 g/mol.